The predicted octanol–water partition coefficient (Wildman–Crippen LogP) is 5.79. The second-order valence-electron chi connectivity index (χ2n) is 5.69. The minimum atomic E-state index is -0.283. The van der Waals surface area contributed by atoms with Gasteiger partial charge in [0.05, 0.1) is 7.11 Å². The lowest BCUT2D eigenvalue weighted by molar-refractivity contribution is 0.279. The van der Waals surface area contributed by atoms with Crippen molar-refractivity contribution in [1.82, 2.24) is 0 Å². The first-order valence-electron chi connectivity index (χ1n) is 8.19. The van der Waals surface area contributed by atoms with Crippen LogP contribution in [0.3, 0.4) is 0 Å². The fourth-order valence-corrected chi connectivity index (χ4v) is 2.97. The number of benzene rings is 3. The van der Waals surface area contributed by atoms with E-state index in [9.17, 15) is 4.39 Å². The Kier molecular flexibility index (Phi) is 6.12. The van der Waals surface area contributed by atoms with Crippen LogP contribution in [-0.4, -0.2) is 7.11 Å². The van der Waals surface area contributed by atoms with Crippen molar-refractivity contribution in [3.8, 4) is 11.5 Å². The zero-order chi connectivity index (χ0) is 18.4. The molecule has 0 amide bonds. The molecule has 0 radical (unpaired) electrons. The highest BCUT2D eigenvalue weighted by Gasteiger charge is 2.11. The van der Waals surface area contributed by atoms with Gasteiger partial charge < -0.3 is 14.8 Å². The summed E-state index contributed by atoms with van der Waals surface area (Å²) < 4.78 is 25.9. The first-order valence-corrected chi connectivity index (χ1v) is 8.98. The summed E-state index contributed by atoms with van der Waals surface area (Å²) in [5.74, 6) is 0.884. The Morgan fingerprint density at radius 2 is 1.65 bits per heavy atom. The van der Waals surface area contributed by atoms with E-state index in [0.717, 1.165) is 15.7 Å². The molecule has 0 saturated carbocycles. The Bertz CT molecular complexity index is 871. The van der Waals surface area contributed by atoms with Crippen molar-refractivity contribution < 1.29 is 13.9 Å². The van der Waals surface area contributed by atoms with Crippen LogP contribution in [-0.2, 0) is 13.2 Å². The van der Waals surface area contributed by atoms with Crippen molar-refractivity contribution in [3.05, 3.63) is 88.1 Å². The molecule has 0 aliphatic heterocycles. The molecule has 0 spiro atoms. The molecule has 3 aromatic carbocycles. The number of methoxy groups -OCH3 is 1. The average Bonchev–Trinajstić information content (AvgIpc) is 2.67. The van der Waals surface area contributed by atoms with Gasteiger partial charge in [0.2, 0.25) is 0 Å². The summed E-state index contributed by atoms with van der Waals surface area (Å²) in [5, 5.41) is 3.36. The van der Waals surface area contributed by atoms with Crippen LogP contribution >= 0.6 is 15.9 Å². The van der Waals surface area contributed by atoms with Crippen LogP contribution in [0, 0.1) is 5.82 Å². The van der Waals surface area contributed by atoms with Crippen LogP contribution in [0.1, 0.15) is 11.1 Å². The van der Waals surface area contributed by atoms with E-state index < -0.39 is 0 Å². The molecule has 0 heterocycles. The smallest absolute Gasteiger partial charge is 0.162 e. The van der Waals surface area contributed by atoms with Gasteiger partial charge in [-0.05, 0) is 35.9 Å². The molecular formula is C21H19BrFNO2. The molecule has 0 aliphatic rings. The molecule has 0 aliphatic carbocycles. The maximum atomic E-state index is 13.8. The summed E-state index contributed by atoms with van der Waals surface area (Å²) in [7, 11) is 1.59. The number of rotatable bonds is 7. The van der Waals surface area contributed by atoms with E-state index in [1.807, 2.05) is 42.5 Å². The number of nitrogens with one attached hydrogen (secondary N) is 1. The monoisotopic (exact) mass is 415 g/mol. The molecule has 0 aromatic heterocycles. The first-order chi connectivity index (χ1) is 12.7. The summed E-state index contributed by atoms with van der Waals surface area (Å²) in [5.41, 5.74) is 2.57. The molecule has 3 nitrogen and oxygen atoms in total. The van der Waals surface area contributed by atoms with Gasteiger partial charge in [-0.1, -0.05) is 52.3 Å². The van der Waals surface area contributed by atoms with E-state index in [4.69, 9.17) is 9.47 Å². The van der Waals surface area contributed by atoms with E-state index in [-0.39, 0.29) is 12.4 Å². The lowest BCUT2D eigenvalue weighted by Gasteiger charge is -2.15. The van der Waals surface area contributed by atoms with E-state index >= 15 is 0 Å². The van der Waals surface area contributed by atoms with Gasteiger partial charge in [-0.2, -0.15) is 0 Å². The lowest BCUT2D eigenvalue weighted by Crippen LogP contribution is -2.03. The van der Waals surface area contributed by atoms with E-state index in [0.29, 0.717) is 23.6 Å². The zero-order valence-corrected chi connectivity index (χ0v) is 15.9. The van der Waals surface area contributed by atoms with Crippen molar-refractivity contribution >= 4 is 21.6 Å². The van der Waals surface area contributed by atoms with Crippen LogP contribution in [0.25, 0.3) is 0 Å². The van der Waals surface area contributed by atoms with Gasteiger partial charge in [0.1, 0.15) is 12.4 Å². The molecule has 0 unspecified atom stereocenters. The Labute approximate surface area is 160 Å². The summed E-state index contributed by atoms with van der Waals surface area (Å²) in [6.45, 7) is 0.769. The molecule has 0 saturated heterocycles. The third-order valence-corrected chi connectivity index (χ3v) is 4.67. The molecule has 5 heteroatoms. The van der Waals surface area contributed by atoms with Crippen molar-refractivity contribution in [2.75, 3.05) is 12.4 Å². The molecule has 0 fully saturated rings. The van der Waals surface area contributed by atoms with E-state index in [2.05, 4.69) is 21.2 Å². The Hall–Kier alpha value is -2.53. The lowest BCUT2D eigenvalue weighted by atomic mass is 10.2. The number of hydrogen-bond donors (Lipinski definition) is 1. The predicted molar refractivity (Wildman–Crippen MR) is 105 cm³/mol. The van der Waals surface area contributed by atoms with E-state index in [1.165, 1.54) is 6.07 Å². The maximum Gasteiger partial charge on any atom is 0.162 e. The number of anilines is 1. The standard InChI is InChI=1S/C21H19BrFNO2/c1-25-20-11-16(13-24-17-8-3-2-4-9-17)18(22)12-21(20)26-14-15-7-5-6-10-19(15)23/h2-12,24H,13-14H2,1H3. The van der Waals surface area contributed by atoms with Gasteiger partial charge in [-0.15, -0.1) is 0 Å². The second kappa shape index (κ2) is 8.72. The zero-order valence-electron chi connectivity index (χ0n) is 14.3. The summed E-state index contributed by atoms with van der Waals surface area (Å²) in [4.78, 5) is 0. The summed E-state index contributed by atoms with van der Waals surface area (Å²) in [6, 6.07) is 20.3. The highest BCUT2D eigenvalue weighted by Crippen LogP contribution is 2.34. The van der Waals surface area contributed by atoms with Gasteiger partial charge in [0.25, 0.3) is 0 Å². The Morgan fingerprint density at radius 3 is 2.38 bits per heavy atom. The minimum Gasteiger partial charge on any atom is -0.493 e. The SMILES string of the molecule is COc1cc(CNc2ccccc2)c(Br)cc1OCc1ccccc1F. The second-order valence-corrected chi connectivity index (χ2v) is 6.55. The van der Waals surface area contributed by atoms with Crippen molar-refractivity contribution in [2.45, 2.75) is 13.2 Å². The van der Waals surface area contributed by atoms with Gasteiger partial charge in [0.15, 0.2) is 11.5 Å². The van der Waals surface area contributed by atoms with Crippen LogP contribution in [0.2, 0.25) is 0 Å². The average molecular weight is 416 g/mol. The largest absolute Gasteiger partial charge is 0.493 e. The van der Waals surface area contributed by atoms with Gasteiger partial charge in [-0.25, -0.2) is 4.39 Å². The van der Waals surface area contributed by atoms with E-state index in [1.54, 1.807) is 25.3 Å². The number of para-hydroxylation sites is 1. The van der Waals surface area contributed by atoms with Crippen LogP contribution < -0.4 is 14.8 Å². The summed E-state index contributed by atoms with van der Waals surface area (Å²) >= 11 is 3.58. The molecule has 3 rings (SSSR count). The molecule has 26 heavy (non-hydrogen) atoms. The number of halogens is 2. The minimum absolute atomic E-state index is 0.136. The fourth-order valence-electron chi connectivity index (χ4n) is 2.51. The molecule has 134 valence electrons. The maximum absolute atomic E-state index is 13.8. The van der Waals surface area contributed by atoms with Crippen molar-refractivity contribution in [3.63, 3.8) is 0 Å². The Balaban J connectivity index is 1.73. The summed E-state index contributed by atoms with van der Waals surface area (Å²) in [6.07, 6.45) is 0. The molecular weight excluding hydrogens is 397 g/mol. The van der Waals surface area contributed by atoms with Crippen molar-refractivity contribution in [2.24, 2.45) is 0 Å². The first kappa shape index (κ1) is 18.3. The molecule has 0 atom stereocenters. The van der Waals surface area contributed by atoms with Gasteiger partial charge >= 0.3 is 0 Å². The number of hydrogen-bond acceptors (Lipinski definition) is 3. The quantitative estimate of drug-likeness (QED) is 0.529. The van der Waals surface area contributed by atoms with Crippen LogP contribution in [0.15, 0.2) is 71.2 Å². The van der Waals surface area contributed by atoms with Crippen LogP contribution in [0.4, 0.5) is 10.1 Å². The van der Waals surface area contributed by atoms with Crippen LogP contribution in [0.5, 0.6) is 11.5 Å². The highest BCUT2D eigenvalue weighted by molar-refractivity contribution is 9.10. The van der Waals surface area contributed by atoms with Gasteiger partial charge in [-0.3, -0.25) is 0 Å². The third-order valence-electron chi connectivity index (χ3n) is 3.93. The Morgan fingerprint density at radius 1 is 0.923 bits per heavy atom. The third kappa shape index (κ3) is 4.55. The normalized spacial score (nSPS) is 10.4. The number of ether oxygens (including phenoxy) is 2. The van der Waals surface area contributed by atoms with Gasteiger partial charge in [0, 0.05) is 22.3 Å². The fraction of sp³-hybridized carbons (Fsp3) is 0.143. The topological polar surface area (TPSA) is 30.5 Å². The molecule has 3 aromatic rings. The molecule has 0 bridgehead atoms. The van der Waals surface area contributed by atoms with Crippen molar-refractivity contribution in [1.29, 1.82) is 0 Å². The molecule has 1 N–H and O–H groups in total. The highest BCUT2D eigenvalue weighted by atomic mass is 79.9.